The molecule has 1 aromatic heterocycles. The zero-order valence-electron chi connectivity index (χ0n) is 7.20. The van der Waals surface area contributed by atoms with Gasteiger partial charge in [-0.15, -0.1) is 0 Å². The largest absolute Gasteiger partial charge is 0.313 e. The van der Waals surface area contributed by atoms with Crippen molar-refractivity contribution < 1.29 is 9.18 Å². The van der Waals surface area contributed by atoms with Crippen LogP contribution in [-0.4, -0.2) is 11.4 Å². The number of nitrogens with zero attached hydrogens (tertiary/aromatic N) is 1. The van der Waals surface area contributed by atoms with Gasteiger partial charge in [-0.1, -0.05) is 0 Å². The summed E-state index contributed by atoms with van der Waals surface area (Å²) in [5.74, 6) is 0.110. The van der Waals surface area contributed by atoms with Crippen molar-refractivity contribution in [3.05, 3.63) is 36.3 Å². The molecule has 2 rings (SSSR count). The van der Waals surface area contributed by atoms with E-state index in [2.05, 4.69) is 10.3 Å². The Morgan fingerprint density at radius 3 is 2.93 bits per heavy atom. The van der Waals surface area contributed by atoms with E-state index in [1.165, 1.54) is 12.1 Å². The summed E-state index contributed by atoms with van der Waals surface area (Å²) < 4.78 is 12.8. The summed E-state index contributed by atoms with van der Waals surface area (Å²) in [6, 6.07) is 6.03. The number of nitrogens with one attached hydrogen (secondary N) is 1. The Kier molecular flexibility index (Phi) is 2.10. The molecule has 0 aliphatic rings. The first-order chi connectivity index (χ1) is 6.79. The average molecular weight is 190 g/mol. The third kappa shape index (κ3) is 1.54. The number of anilines is 1. The molecular formula is C10H7FN2O. The minimum Gasteiger partial charge on any atom is -0.313 e. The molecule has 0 bridgehead atoms. The van der Waals surface area contributed by atoms with Crippen molar-refractivity contribution in [1.82, 2.24) is 4.98 Å². The Morgan fingerprint density at radius 2 is 2.14 bits per heavy atom. The van der Waals surface area contributed by atoms with Crippen LogP contribution in [0.25, 0.3) is 10.8 Å². The molecule has 14 heavy (non-hydrogen) atoms. The molecular weight excluding hydrogens is 183 g/mol. The molecule has 1 heterocycles. The molecule has 4 heteroatoms. The zero-order valence-corrected chi connectivity index (χ0v) is 7.20. The van der Waals surface area contributed by atoms with E-state index in [1.807, 2.05) is 0 Å². The summed E-state index contributed by atoms with van der Waals surface area (Å²) in [6.07, 6.45) is 2.12. The van der Waals surface area contributed by atoms with Crippen molar-refractivity contribution in [3.8, 4) is 0 Å². The quantitative estimate of drug-likeness (QED) is 0.735. The standard InChI is InChI=1S/C10H7FN2O/c11-9-2-1-7-5-12-10(13-6-14)4-8(7)3-9/h1-6H,(H,12,13,14). The number of benzene rings is 1. The average Bonchev–Trinajstić information content (AvgIpc) is 2.17. The monoisotopic (exact) mass is 190 g/mol. The molecule has 1 amide bonds. The van der Waals surface area contributed by atoms with Gasteiger partial charge in [-0.3, -0.25) is 4.79 Å². The van der Waals surface area contributed by atoms with Crippen LogP contribution in [-0.2, 0) is 4.79 Å². The lowest BCUT2D eigenvalue weighted by atomic mass is 10.2. The Bertz CT molecular complexity index is 485. The third-order valence-electron chi connectivity index (χ3n) is 1.89. The molecule has 0 fully saturated rings. The van der Waals surface area contributed by atoms with Gasteiger partial charge in [0.2, 0.25) is 6.41 Å². The van der Waals surface area contributed by atoms with Crippen molar-refractivity contribution in [2.24, 2.45) is 0 Å². The van der Waals surface area contributed by atoms with Gasteiger partial charge in [-0.05, 0) is 29.7 Å². The van der Waals surface area contributed by atoms with Crippen LogP contribution in [0.2, 0.25) is 0 Å². The number of halogens is 1. The van der Waals surface area contributed by atoms with Gasteiger partial charge in [0, 0.05) is 11.6 Å². The lowest BCUT2D eigenvalue weighted by Gasteiger charge is -2.00. The highest BCUT2D eigenvalue weighted by atomic mass is 19.1. The number of hydrogen-bond acceptors (Lipinski definition) is 2. The van der Waals surface area contributed by atoms with Crippen LogP contribution in [0.4, 0.5) is 10.2 Å². The molecule has 0 spiro atoms. The lowest BCUT2D eigenvalue weighted by Crippen LogP contribution is -1.96. The van der Waals surface area contributed by atoms with Crippen molar-refractivity contribution in [3.63, 3.8) is 0 Å². The Hall–Kier alpha value is -1.97. The summed E-state index contributed by atoms with van der Waals surface area (Å²) in [4.78, 5) is 14.1. The molecule has 0 saturated heterocycles. The zero-order chi connectivity index (χ0) is 9.97. The van der Waals surface area contributed by atoms with Crippen molar-refractivity contribution >= 4 is 23.0 Å². The fourth-order valence-corrected chi connectivity index (χ4v) is 1.25. The van der Waals surface area contributed by atoms with E-state index < -0.39 is 0 Å². The number of carbonyl (C=O) groups excluding carboxylic acids is 1. The summed E-state index contributed by atoms with van der Waals surface area (Å²) >= 11 is 0. The second-order valence-electron chi connectivity index (χ2n) is 2.82. The smallest absolute Gasteiger partial charge is 0.212 e. The minimum absolute atomic E-state index is 0.305. The van der Waals surface area contributed by atoms with Crippen molar-refractivity contribution in [2.75, 3.05) is 5.32 Å². The summed E-state index contributed by atoms with van der Waals surface area (Å²) in [5.41, 5.74) is 0. The van der Waals surface area contributed by atoms with Gasteiger partial charge in [0.15, 0.2) is 0 Å². The van der Waals surface area contributed by atoms with Crippen LogP contribution in [0.1, 0.15) is 0 Å². The fraction of sp³-hybridized carbons (Fsp3) is 0. The number of fused-ring (bicyclic) bond motifs is 1. The van der Waals surface area contributed by atoms with Gasteiger partial charge in [-0.25, -0.2) is 9.37 Å². The van der Waals surface area contributed by atoms with Crippen LogP contribution < -0.4 is 5.32 Å². The maximum atomic E-state index is 12.8. The first-order valence-corrected chi connectivity index (χ1v) is 4.05. The van der Waals surface area contributed by atoms with Crippen molar-refractivity contribution in [2.45, 2.75) is 0 Å². The highest BCUT2D eigenvalue weighted by molar-refractivity contribution is 5.85. The maximum absolute atomic E-state index is 12.8. The van der Waals surface area contributed by atoms with Gasteiger partial charge in [0.1, 0.15) is 11.6 Å². The predicted octanol–water partition coefficient (Wildman–Crippen LogP) is 1.94. The summed E-state index contributed by atoms with van der Waals surface area (Å²) in [6.45, 7) is 0. The van der Waals surface area contributed by atoms with Gasteiger partial charge in [0.05, 0.1) is 0 Å². The number of rotatable bonds is 2. The Labute approximate surface area is 79.6 Å². The molecule has 0 saturated carbocycles. The van der Waals surface area contributed by atoms with E-state index in [9.17, 15) is 9.18 Å². The summed E-state index contributed by atoms with van der Waals surface area (Å²) in [7, 11) is 0. The Balaban J connectivity index is 2.57. The number of carbonyl (C=O) groups is 1. The fourth-order valence-electron chi connectivity index (χ4n) is 1.25. The van der Waals surface area contributed by atoms with Crippen LogP contribution in [0.15, 0.2) is 30.5 Å². The molecule has 0 radical (unpaired) electrons. The molecule has 0 aliphatic heterocycles. The second-order valence-corrected chi connectivity index (χ2v) is 2.82. The van der Waals surface area contributed by atoms with Crippen molar-refractivity contribution in [1.29, 1.82) is 0 Å². The topological polar surface area (TPSA) is 42.0 Å². The molecule has 0 unspecified atom stereocenters. The normalized spacial score (nSPS) is 10.1. The SMILES string of the molecule is O=CNc1cc2cc(F)ccc2cn1. The number of aromatic nitrogens is 1. The second kappa shape index (κ2) is 3.41. The lowest BCUT2D eigenvalue weighted by molar-refractivity contribution is -0.105. The third-order valence-corrected chi connectivity index (χ3v) is 1.89. The van der Waals surface area contributed by atoms with E-state index in [0.717, 1.165) is 5.39 Å². The maximum Gasteiger partial charge on any atom is 0.212 e. The predicted molar refractivity (Wildman–Crippen MR) is 51.4 cm³/mol. The minimum atomic E-state index is -0.305. The highest BCUT2D eigenvalue weighted by Gasteiger charge is 1.98. The molecule has 3 nitrogen and oxygen atoms in total. The van der Waals surface area contributed by atoms with E-state index in [1.54, 1.807) is 18.3 Å². The molecule has 70 valence electrons. The first-order valence-electron chi connectivity index (χ1n) is 4.05. The molecule has 2 aromatic rings. The number of hydrogen-bond donors (Lipinski definition) is 1. The molecule has 1 N–H and O–H groups in total. The van der Waals surface area contributed by atoms with Crippen LogP contribution in [0.5, 0.6) is 0 Å². The van der Waals surface area contributed by atoms with Gasteiger partial charge < -0.3 is 5.32 Å². The molecule has 0 aliphatic carbocycles. The van der Waals surface area contributed by atoms with E-state index >= 15 is 0 Å². The van der Waals surface area contributed by atoms with Gasteiger partial charge >= 0.3 is 0 Å². The van der Waals surface area contributed by atoms with Gasteiger partial charge in [0.25, 0.3) is 0 Å². The first kappa shape index (κ1) is 8.62. The van der Waals surface area contributed by atoms with Crippen LogP contribution >= 0.6 is 0 Å². The van der Waals surface area contributed by atoms with Crippen LogP contribution in [0, 0.1) is 5.82 Å². The van der Waals surface area contributed by atoms with E-state index in [4.69, 9.17) is 0 Å². The van der Waals surface area contributed by atoms with Crippen LogP contribution in [0.3, 0.4) is 0 Å². The van der Waals surface area contributed by atoms with E-state index in [0.29, 0.717) is 17.6 Å². The summed E-state index contributed by atoms with van der Waals surface area (Å²) in [5, 5.41) is 3.95. The highest BCUT2D eigenvalue weighted by Crippen LogP contribution is 2.17. The Morgan fingerprint density at radius 1 is 1.29 bits per heavy atom. The number of amides is 1. The van der Waals surface area contributed by atoms with Gasteiger partial charge in [-0.2, -0.15) is 0 Å². The molecule has 1 aromatic carbocycles. The number of pyridine rings is 1. The molecule has 0 atom stereocenters. The van der Waals surface area contributed by atoms with E-state index in [-0.39, 0.29) is 5.82 Å².